The van der Waals surface area contributed by atoms with Crippen LogP contribution in [0.3, 0.4) is 0 Å². The van der Waals surface area contributed by atoms with E-state index < -0.39 is 25.4 Å². The third-order valence-electron chi connectivity index (χ3n) is 1.13. The summed E-state index contributed by atoms with van der Waals surface area (Å²) in [5, 5.41) is 0. The Balaban J connectivity index is 3.82. The zero-order valence-electron chi connectivity index (χ0n) is 4.84. The largest absolute Gasteiger partial charge is 0.250 e. The molecule has 9 heavy (non-hydrogen) atoms. The molecule has 0 fully saturated rings. The topological polar surface area (TPSA) is 0 Å². The minimum Gasteiger partial charge on any atom is -0.250 e. The standard InChI is InChI=1S/C5H8F3I/c6-1-5(2-7,3-8)4-9/h1-4H2. The number of rotatable bonds is 4. The maximum atomic E-state index is 11.8. The third-order valence-corrected chi connectivity index (χ3v) is 2.75. The van der Waals surface area contributed by atoms with Gasteiger partial charge in [0.15, 0.2) is 0 Å². The molecule has 0 aromatic heterocycles. The van der Waals surface area contributed by atoms with Gasteiger partial charge in [0.1, 0.15) is 20.0 Å². The molecule has 0 heterocycles. The molecule has 0 atom stereocenters. The van der Waals surface area contributed by atoms with Crippen molar-refractivity contribution in [2.24, 2.45) is 5.41 Å². The van der Waals surface area contributed by atoms with Gasteiger partial charge in [-0.1, -0.05) is 22.6 Å². The van der Waals surface area contributed by atoms with Gasteiger partial charge in [-0.15, -0.1) is 0 Å². The summed E-state index contributed by atoms with van der Waals surface area (Å²) >= 11 is 1.78. The SMILES string of the molecule is FCC(CF)(CF)CI. The highest BCUT2D eigenvalue weighted by atomic mass is 127. The van der Waals surface area contributed by atoms with Gasteiger partial charge in [0, 0.05) is 4.43 Å². The Hall–Kier alpha value is 0.520. The first-order chi connectivity index (χ1) is 4.24. The minimum absolute atomic E-state index is 0.189. The van der Waals surface area contributed by atoms with Gasteiger partial charge in [-0.2, -0.15) is 0 Å². The molecule has 0 aromatic carbocycles. The molecule has 0 bridgehead atoms. The van der Waals surface area contributed by atoms with Crippen molar-refractivity contribution < 1.29 is 13.2 Å². The molecule has 0 N–H and O–H groups in total. The van der Waals surface area contributed by atoms with Crippen LogP contribution in [0, 0.1) is 5.41 Å². The normalized spacial score (nSPS) is 12.0. The number of hydrogen-bond acceptors (Lipinski definition) is 0. The first-order valence-electron chi connectivity index (χ1n) is 2.48. The lowest BCUT2D eigenvalue weighted by Gasteiger charge is -2.19. The molecule has 0 unspecified atom stereocenters. The summed E-state index contributed by atoms with van der Waals surface area (Å²) in [6.07, 6.45) is 0. The van der Waals surface area contributed by atoms with Crippen molar-refractivity contribution in [1.29, 1.82) is 0 Å². The quantitative estimate of drug-likeness (QED) is 0.532. The summed E-state index contributed by atoms with van der Waals surface area (Å²) in [4.78, 5) is 0. The van der Waals surface area contributed by atoms with Crippen molar-refractivity contribution in [3.63, 3.8) is 0 Å². The van der Waals surface area contributed by atoms with Gasteiger partial charge >= 0.3 is 0 Å². The second-order valence-electron chi connectivity index (χ2n) is 2.03. The van der Waals surface area contributed by atoms with E-state index in [0.29, 0.717) is 0 Å². The van der Waals surface area contributed by atoms with Crippen molar-refractivity contribution in [3.05, 3.63) is 0 Å². The van der Waals surface area contributed by atoms with Crippen molar-refractivity contribution >= 4 is 22.6 Å². The molecule has 0 aliphatic heterocycles. The van der Waals surface area contributed by atoms with Crippen LogP contribution in [0.15, 0.2) is 0 Å². The lowest BCUT2D eigenvalue weighted by atomic mass is 9.97. The smallest absolute Gasteiger partial charge is 0.101 e. The Kier molecular flexibility index (Phi) is 4.61. The van der Waals surface area contributed by atoms with E-state index >= 15 is 0 Å². The second-order valence-corrected chi connectivity index (χ2v) is 2.80. The molecule has 0 amide bonds. The highest BCUT2D eigenvalue weighted by Gasteiger charge is 2.29. The van der Waals surface area contributed by atoms with Crippen LogP contribution in [0.4, 0.5) is 13.2 Å². The van der Waals surface area contributed by atoms with Gasteiger partial charge in [0.25, 0.3) is 0 Å². The fourth-order valence-electron chi connectivity index (χ4n) is 0.214. The van der Waals surface area contributed by atoms with Crippen molar-refractivity contribution in [3.8, 4) is 0 Å². The fourth-order valence-corrected chi connectivity index (χ4v) is 0.826. The van der Waals surface area contributed by atoms with E-state index in [1.807, 2.05) is 0 Å². The zero-order valence-corrected chi connectivity index (χ0v) is 7.00. The van der Waals surface area contributed by atoms with Crippen molar-refractivity contribution in [2.75, 3.05) is 24.5 Å². The Bertz CT molecular complexity index is 55.1. The molecule has 4 heteroatoms. The Morgan fingerprint density at radius 1 is 1.00 bits per heavy atom. The first kappa shape index (κ1) is 9.52. The molecular formula is C5H8F3I. The van der Waals surface area contributed by atoms with E-state index in [9.17, 15) is 13.2 Å². The molecule has 0 radical (unpaired) electrons. The number of hydrogen-bond donors (Lipinski definition) is 0. The van der Waals surface area contributed by atoms with E-state index in [-0.39, 0.29) is 4.43 Å². The summed E-state index contributed by atoms with van der Waals surface area (Å²) in [7, 11) is 0. The highest BCUT2D eigenvalue weighted by molar-refractivity contribution is 14.1. The molecule has 0 aromatic rings. The average Bonchev–Trinajstić information content (AvgIpc) is 1.95. The van der Waals surface area contributed by atoms with Crippen molar-refractivity contribution in [2.45, 2.75) is 0 Å². The van der Waals surface area contributed by atoms with Gasteiger partial charge < -0.3 is 0 Å². The maximum absolute atomic E-state index is 11.8. The molecule has 0 rings (SSSR count). The predicted octanol–water partition coefficient (Wildman–Crippen LogP) is 2.32. The Morgan fingerprint density at radius 2 is 1.33 bits per heavy atom. The fraction of sp³-hybridized carbons (Fsp3) is 1.00. The molecule has 0 saturated heterocycles. The highest BCUT2D eigenvalue weighted by Crippen LogP contribution is 2.22. The summed E-state index contributed by atoms with van der Waals surface area (Å²) < 4.78 is 35.7. The van der Waals surface area contributed by atoms with Gasteiger partial charge in [-0.05, 0) is 0 Å². The van der Waals surface area contributed by atoms with E-state index in [4.69, 9.17) is 0 Å². The predicted molar refractivity (Wildman–Crippen MR) is 39.2 cm³/mol. The van der Waals surface area contributed by atoms with Crippen LogP contribution >= 0.6 is 22.6 Å². The second kappa shape index (κ2) is 4.35. The summed E-state index contributed by atoms with van der Waals surface area (Å²) in [5.74, 6) is 0. The van der Waals surface area contributed by atoms with Gasteiger partial charge in [-0.3, -0.25) is 13.2 Å². The molecule has 56 valence electrons. The maximum Gasteiger partial charge on any atom is 0.101 e. The van der Waals surface area contributed by atoms with Gasteiger partial charge in [-0.25, -0.2) is 0 Å². The number of halogens is 4. The average molecular weight is 252 g/mol. The van der Waals surface area contributed by atoms with Gasteiger partial charge in [0.05, 0.1) is 5.41 Å². The van der Waals surface area contributed by atoms with Crippen LogP contribution in [0.2, 0.25) is 0 Å². The van der Waals surface area contributed by atoms with Crippen LogP contribution in [-0.2, 0) is 0 Å². The minimum atomic E-state index is -1.35. The summed E-state index contributed by atoms with van der Waals surface area (Å²) in [5.41, 5.74) is -1.35. The molecular weight excluding hydrogens is 244 g/mol. The summed E-state index contributed by atoms with van der Waals surface area (Å²) in [6.45, 7) is -2.74. The Morgan fingerprint density at radius 3 is 1.33 bits per heavy atom. The van der Waals surface area contributed by atoms with E-state index in [1.54, 1.807) is 22.6 Å². The van der Waals surface area contributed by atoms with Crippen LogP contribution < -0.4 is 0 Å². The van der Waals surface area contributed by atoms with Crippen molar-refractivity contribution in [1.82, 2.24) is 0 Å². The molecule has 0 aliphatic rings. The van der Waals surface area contributed by atoms with Gasteiger partial charge in [0.2, 0.25) is 0 Å². The lowest BCUT2D eigenvalue weighted by molar-refractivity contribution is 0.141. The number of alkyl halides is 4. The Labute approximate surface area is 66.0 Å². The molecule has 0 saturated carbocycles. The van der Waals surface area contributed by atoms with Crippen LogP contribution in [0.25, 0.3) is 0 Å². The third kappa shape index (κ3) is 2.31. The van der Waals surface area contributed by atoms with Crippen LogP contribution in [-0.4, -0.2) is 24.5 Å². The molecule has 0 aliphatic carbocycles. The lowest BCUT2D eigenvalue weighted by Crippen LogP contribution is -2.30. The molecule has 0 spiro atoms. The molecule has 0 nitrogen and oxygen atoms in total. The monoisotopic (exact) mass is 252 g/mol. The summed E-state index contributed by atoms with van der Waals surface area (Å²) in [6, 6.07) is 0. The van der Waals surface area contributed by atoms with E-state index in [2.05, 4.69) is 0 Å². The first-order valence-corrected chi connectivity index (χ1v) is 4.01. The van der Waals surface area contributed by atoms with Crippen LogP contribution in [0.5, 0.6) is 0 Å². The van der Waals surface area contributed by atoms with Crippen LogP contribution in [0.1, 0.15) is 0 Å². The zero-order chi connectivity index (χ0) is 7.33. The van der Waals surface area contributed by atoms with E-state index in [0.717, 1.165) is 0 Å². The van der Waals surface area contributed by atoms with E-state index in [1.165, 1.54) is 0 Å².